The highest BCUT2D eigenvalue weighted by molar-refractivity contribution is 7.99. The molecule has 0 aliphatic carbocycles. The molecule has 0 radical (unpaired) electrons. The molecule has 1 aromatic heterocycles. The first-order valence-electron chi connectivity index (χ1n) is 9.32. The number of anilines is 1. The lowest BCUT2D eigenvalue weighted by Gasteiger charge is -2.06. The predicted octanol–water partition coefficient (Wildman–Crippen LogP) is 3.36. The lowest BCUT2D eigenvalue weighted by atomic mass is 10.2. The Kier molecular flexibility index (Phi) is 8.25. The summed E-state index contributed by atoms with van der Waals surface area (Å²) in [5.41, 5.74) is 1.64. The minimum Gasteiger partial charge on any atom is -0.497 e. The topological polar surface area (TPSA) is 102 Å². The zero-order valence-corrected chi connectivity index (χ0v) is 18.7. The van der Waals surface area contributed by atoms with E-state index < -0.39 is 0 Å². The quantitative estimate of drug-likeness (QED) is 0.480. The summed E-state index contributed by atoms with van der Waals surface area (Å²) in [5.74, 6) is 1.90. The van der Waals surface area contributed by atoms with Crippen LogP contribution in [0.3, 0.4) is 0 Å². The number of methoxy groups -OCH3 is 2. The van der Waals surface area contributed by atoms with Crippen molar-refractivity contribution < 1.29 is 19.1 Å². The van der Waals surface area contributed by atoms with Crippen LogP contribution >= 0.6 is 23.1 Å². The first-order valence-corrected chi connectivity index (χ1v) is 11.3. The van der Waals surface area contributed by atoms with Gasteiger partial charge in [0.05, 0.1) is 20.0 Å². The zero-order chi connectivity index (χ0) is 22.1. The van der Waals surface area contributed by atoms with Gasteiger partial charge in [-0.25, -0.2) is 0 Å². The number of rotatable bonds is 10. The smallest absolute Gasteiger partial charge is 0.286 e. The molecule has 0 atom stereocenters. The summed E-state index contributed by atoms with van der Waals surface area (Å²) >= 11 is 2.63. The van der Waals surface area contributed by atoms with Gasteiger partial charge in [-0.05, 0) is 42.0 Å². The largest absolute Gasteiger partial charge is 0.497 e. The molecular formula is C21H22N4O4S2. The van der Waals surface area contributed by atoms with Gasteiger partial charge < -0.3 is 20.1 Å². The van der Waals surface area contributed by atoms with Gasteiger partial charge in [0.15, 0.2) is 0 Å². The minimum absolute atomic E-state index is 0.0668. The molecule has 0 spiro atoms. The normalized spacial score (nSPS) is 10.4. The Morgan fingerprint density at radius 3 is 2.26 bits per heavy atom. The highest BCUT2D eigenvalue weighted by Crippen LogP contribution is 2.19. The molecule has 3 rings (SSSR count). The first kappa shape index (κ1) is 22.6. The van der Waals surface area contributed by atoms with E-state index in [1.807, 2.05) is 24.3 Å². The van der Waals surface area contributed by atoms with Crippen LogP contribution in [0.2, 0.25) is 0 Å². The molecule has 2 N–H and O–H groups in total. The number of nitrogens with zero attached hydrogens (tertiary/aromatic N) is 2. The van der Waals surface area contributed by atoms with Gasteiger partial charge in [0.2, 0.25) is 10.9 Å². The third-order valence-corrected chi connectivity index (χ3v) is 6.17. The second-order valence-corrected chi connectivity index (χ2v) is 8.35. The molecule has 2 amide bonds. The number of hydrogen-bond donors (Lipinski definition) is 2. The molecule has 0 aliphatic rings. The summed E-state index contributed by atoms with van der Waals surface area (Å²) in [7, 11) is 3.20. The number of carbonyl (C=O) groups excluding carboxylic acids is 2. The van der Waals surface area contributed by atoms with E-state index in [1.165, 1.54) is 23.1 Å². The van der Waals surface area contributed by atoms with E-state index in [0.29, 0.717) is 34.5 Å². The summed E-state index contributed by atoms with van der Waals surface area (Å²) in [6.07, 6.45) is 0. The number of carbonyl (C=O) groups is 2. The Bertz CT molecular complexity index is 1010. The molecule has 162 valence electrons. The molecule has 0 fully saturated rings. The molecular weight excluding hydrogens is 436 g/mol. The van der Waals surface area contributed by atoms with E-state index >= 15 is 0 Å². The predicted molar refractivity (Wildman–Crippen MR) is 122 cm³/mol. The van der Waals surface area contributed by atoms with E-state index in [-0.39, 0.29) is 16.8 Å². The van der Waals surface area contributed by atoms with Gasteiger partial charge in [-0.2, -0.15) is 0 Å². The molecule has 31 heavy (non-hydrogen) atoms. The van der Waals surface area contributed by atoms with Crippen molar-refractivity contribution in [2.24, 2.45) is 0 Å². The molecule has 10 heteroatoms. The van der Waals surface area contributed by atoms with Gasteiger partial charge in [-0.1, -0.05) is 23.5 Å². The number of ether oxygens (including phenoxy) is 2. The van der Waals surface area contributed by atoms with E-state index in [0.717, 1.165) is 11.3 Å². The second-order valence-electron chi connectivity index (χ2n) is 6.30. The van der Waals surface area contributed by atoms with Crippen LogP contribution in [-0.4, -0.2) is 42.0 Å². The number of nitrogens with one attached hydrogen (secondary N) is 2. The molecule has 0 aliphatic heterocycles. The second kappa shape index (κ2) is 11.3. The van der Waals surface area contributed by atoms with E-state index in [4.69, 9.17) is 9.47 Å². The molecule has 2 aromatic carbocycles. The molecule has 3 aromatic rings. The van der Waals surface area contributed by atoms with Crippen LogP contribution < -0.4 is 20.1 Å². The number of thioether (sulfide) groups is 1. The van der Waals surface area contributed by atoms with Crippen molar-refractivity contribution in [2.45, 2.75) is 12.3 Å². The SMILES string of the molecule is COc1ccc(CNC(=O)CSCc2nnc(C(=O)Nc3ccc(OC)cc3)s2)cc1. The third-order valence-electron chi connectivity index (χ3n) is 4.12. The van der Waals surface area contributed by atoms with Gasteiger partial charge in [-0.3, -0.25) is 9.59 Å². The van der Waals surface area contributed by atoms with Crippen molar-refractivity contribution in [2.75, 3.05) is 25.3 Å². The number of amides is 2. The van der Waals surface area contributed by atoms with Gasteiger partial charge in [0.1, 0.15) is 16.5 Å². The summed E-state index contributed by atoms with van der Waals surface area (Å²) in [5, 5.41) is 14.6. The summed E-state index contributed by atoms with van der Waals surface area (Å²) in [6, 6.07) is 14.5. The van der Waals surface area contributed by atoms with Crippen molar-refractivity contribution in [3.8, 4) is 11.5 Å². The van der Waals surface area contributed by atoms with Crippen molar-refractivity contribution in [1.29, 1.82) is 0 Å². The maximum Gasteiger partial charge on any atom is 0.286 e. The fourth-order valence-electron chi connectivity index (χ4n) is 2.49. The van der Waals surface area contributed by atoms with Crippen LogP contribution in [-0.2, 0) is 17.1 Å². The number of benzene rings is 2. The lowest BCUT2D eigenvalue weighted by molar-refractivity contribution is -0.118. The fourth-order valence-corrected chi connectivity index (χ4v) is 4.13. The van der Waals surface area contributed by atoms with Crippen LogP contribution in [0.25, 0.3) is 0 Å². The zero-order valence-electron chi connectivity index (χ0n) is 17.1. The summed E-state index contributed by atoms with van der Waals surface area (Å²) < 4.78 is 10.2. The first-order chi connectivity index (χ1) is 15.1. The Labute approximate surface area is 188 Å². The molecule has 0 bridgehead atoms. The van der Waals surface area contributed by atoms with Gasteiger partial charge in [0, 0.05) is 18.0 Å². The molecule has 0 saturated carbocycles. The van der Waals surface area contributed by atoms with Crippen LogP contribution in [0.1, 0.15) is 20.4 Å². The highest BCUT2D eigenvalue weighted by atomic mass is 32.2. The maximum atomic E-state index is 12.3. The van der Waals surface area contributed by atoms with Gasteiger partial charge >= 0.3 is 0 Å². The van der Waals surface area contributed by atoms with Gasteiger partial charge in [0.25, 0.3) is 5.91 Å². The van der Waals surface area contributed by atoms with E-state index in [2.05, 4.69) is 20.8 Å². The van der Waals surface area contributed by atoms with Crippen molar-refractivity contribution >= 4 is 40.6 Å². The number of aromatic nitrogens is 2. The van der Waals surface area contributed by atoms with Crippen molar-refractivity contribution in [3.63, 3.8) is 0 Å². The van der Waals surface area contributed by atoms with E-state index in [9.17, 15) is 9.59 Å². The molecule has 1 heterocycles. The van der Waals surface area contributed by atoms with Crippen LogP contribution in [0.4, 0.5) is 5.69 Å². The Hall–Kier alpha value is -3.11. The Morgan fingerprint density at radius 2 is 1.61 bits per heavy atom. The monoisotopic (exact) mass is 458 g/mol. The average Bonchev–Trinajstić information content (AvgIpc) is 3.27. The third kappa shape index (κ3) is 6.97. The van der Waals surface area contributed by atoms with Crippen LogP contribution in [0.15, 0.2) is 48.5 Å². The van der Waals surface area contributed by atoms with Crippen molar-refractivity contribution in [1.82, 2.24) is 15.5 Å². The summed E-state index contributed by atoms with van der Waals surface area (Å²) in [4.78, 5) is 24.3. The van der Waals surface area contributed by atoms with Crippen molar-refractivity contribution in [3.05, 3.63) is 64.1 Å². The minimum atomic E-state index is -0.323. The standard InChI is InChI=1S/C21H22N4O4S2/c1-28-16-7-3-14(4-8-16)11-22-18(26)12-30-13-19-24-25-21(31-19)20(27)23-15-5-9-17(29-2)10-6-15/h3-10H,11-13H2,1-2H3,(H,22,26)(H,23,27). The van der Waals surface area contributed by atoms with Crippen LogP contribution in [0, 0.1) is 0 Å². The molecule has 8 nitrogen and oxygen atoms in total. The summed E-state index contributed by atoms with van der Waals surface area (Å²) in [6.45, 7) is 0.456. The lowest BCUT2D eigenvalue weighted by Crippen LogP contribution is -2.24. The Balaban J connectivity index is 1.39. The molecule has 0 unspecified atom stereocenters. The maximum absolute atomic E-state index is 12.3. The molecule has 0 saturated heterocycles. The van der Waals surface area contributed by atoms with E-state index in [1.54, 1.807) is 38.5 Å². The number of hydrogen-bond acceptors (Lipinski definition) is 8. The van der Waals surface area contributed by atoms with Gasteiger partial charge in [-0.15, -0.1) is 22.0 Å². The van der Waals surface area contributed by atoms with Crippen LogP contribution in [0.5, 0.6) is 11.5 Å². The highest BCUT2D eigenvalue weighted by Gasteiger charge is 2.14. The fraction of sp³-hybridized carbons (Fsp3) is 0.238. The Morgan fingerprint density at radius 1 is 0.968 bits per heavy atom. The average molecular weight is 459 g/mol.